The molecule has 1 fully saturated rings. The van der Waals surface area contributed by atoms with Crippen molar-refractivity contribution in [1.29, 1.82) is 0 Å². The van der Waals surface area contributed by atoms with Crippen LogP contribution in [0.25, 0.3) is 0 Å². The van der Waals surface area contributed by atoms with Crippen LogP contribution in [0.3, 0.4) is 0 Å². The topological polar surface area (TPSA) is 67.4 Å². The molecule has 1 aliphatic rings. The maximum absolute atomic E-state index is 12.4. The lowest BCUT2D eigenvalue weighted by atomic mass is 10.0. The molecule has 2 amide bonds. The van der Waals surface area contributed by atoms with Crippen molar-refractivity contribution in [2.24, 2.45) is 11.8 Å². The first-order valence-electron chi connectivity index (χ1n) is 9.42. The van der Waals surface area contributed by atoms with Gasteiger partial charge in [0.2, 0.25) is 11.8 Å². The molecule has 1 aliphatic carbocycles. The molecule has 5 heteroatoms. The van der Waals surface area contributed by atoms with Gasteiger partial charge in [-0.3, -0.25) is 9.59 Å². The Kier molecular flexibility index (Phi) is 5.79. The van der Waals surface area contributed by atoms with Crippen LogP contribution in [-0.2, 0) is 9.59 Å². The Morgan fingerprint density at radius 3 is 1.85 bits per heavy atom. The first kappa shape index (κ1) is 19.0. The number of ether oxygens (including phenoxy) is 1. The van der Waals surface area contributed by atoms with Crippen molar-refractivity contribution in [2.45, 2.75) is 33.1 Å². The minimum absolute atomic E-state index is 0.0980. The SMILES string of the molecule is CCOc1ccc(NC(=O)C2CC2C(=O)Nc2ccc(C(C)C)cc2)cc1. The Hall–Kier alpha value is -2.82. The van der Waals surface area contributed by atoms with Crippen LogP contribution < -0.4 is 15.4 Å². The molecule has 0 bridgehead atoms. The molecule has 2 aromatic carbocycles. The predicted molar refractivity (Wildman–Crippen MR) is 107 cm³/mol. The average molecular weight is 366 g/mol. The van der Waals surface area contributed by atoms with Crippen LogP contribution in [0.15, 0.2) is 48.5 Å². The molecule has 27 heavy (non-hydrogen) atoms. The third-order valence-electron chi connectivity index (χ3n) is 4.74. The predicted octanol–water partition coefficient (Wildman–Crippen LogP) is 4.42. The maximum Gasteiger partial charge on any atom is 0.228 e. The summed E-state index contributed by atoms with van der Waals surface area (Å²) in [4.78, 5) is 24.7. The average Bonchev–Trinajstić information content (AvgIpc) is 3.45. The zero-order valence-corrected chi connectivity index (χ0v) is 16.0. The third-order valence-corrected chi connectivity index (χ3v) is 4.74. The Balaban J connectivity index is 1.50. The molecule has 2 atom stereocenters. The minimum Gasteiger partial charge on any atom is -0.494 e. The van der Waals surface area contributed by atoms with E-state index in [1.807, 2.05) is 43.3 Å². The highest BCUT2D eigenvalue weighted by atomic mass is 16.5. The van der Waals surface area contributed by atoms with Gasteiger partial charge in [0.15, 0.2) is 0 Å². The number of hydrogen-bond acceptors (Lipinski definition) is 3. The second kappa shape index (κ2) is 8.25. The van der Waals surface area contributed by atoms with E-state index in [4.69, 9.17) is 4.74 Å². The number of anilines is 2. The van der Waals surface area contributed by atoms with Crippen molar-refractivity contribution >= 4 is 23.2 Å². The highest BCUT2D eigenvalue weighted by molar-refractivity contribution is 6.03. The van der Waals surface area contributed by atoms with Gasteiger partial charge < -0.3 is 15.4 Å². The summed E-state index contributed by atoms with van der Waals surface area (Å²) < 4.78 is 5.39. The van der Waals surface area contributed by atoms with Crippen LogP contribution in [0.1, 0.15) is 38.7 Å². The summed E-state index contributed by atoms with van der Waals surface area (Å²) in [6.45, 7) is 6.79. The monoisotopic (exact) mass is 366 g/mol. The lowest BCUT2D eigenvalue weighted by Gasteiger charge is -2.09. The molecule has 0 saturated heterocycles. The molecule has 2 N–H and O–H groups in total. The van der Waals surface area contributed by atoms with E-state index < -0.39 is 0 Å². The molecular formula is C22H26N2O3. The van der Waals surface area contributed by atoms with Crippen LogP contribution in [0, 0.1) is 11.8 Å². The summed E-state index contributed by atoms with van der Waals surface area (Å²) in [6.07, 6.45) is 0.582. The van der Waals surface area contributed by atoms with Gasteiger partial charge in [0.25, 0.3) is 0 Å². The Bertz CT molecular complexity index is 797. The van der Waals surface area contributed by atoms with Crippen molar-refractivity contribution in [2.75, 3.05) is 17.2 Å². The van der Waals surface area contributed by atoms with E-state index in [1.165, 1.54) is 5.56 Å². The highest BCUT2D eigenvalue weighted by Crippen LogP contribution is 2.40. The largest absolute Gasteiger partial charge is 0.494 e. The number of amides is 2. The molecule has 3 rings (SSSR count). The summed E-state index contributed by atoms with van der Waals surface area (Å²) in [5.41, 5.74) is 2.70. The summed E-state index contributed by atoms with van der Waals surface area (Å²) in [5, 5.41) is 5.77. The van der Waals surface area contributed by atoms with Gasteiger partial charge >= 0.3 is 0 Å². The van der Waals surface area contributed by atoms with E-state index in [0.717, 1.165) is 11.4 Å². The Morgan fingerprint density at radius 2 is 1.41 bits per heavy atom. The van der Waals surface area contributed by atoms with E-state index in [-0.39, 0.29) is 23.7 Å². The van der Waals surface area contributed by atoms with Crippen molar-refractivity contribution in [3.05, 3.63) is 54.1 Å². The number of nitrogens with one attached hydrogen (secondary N) is 2. The van der Waals surface area contributed by atoms with Gasteiger partial charge in [-0.05, 0) is 61.2 Å². The van der Waals surface area contributed by atoms with Gasteiger partial charge in [-0.25, -0.2) is 0 Å². The quantitative estimate of drug-likeness (QED) is 0.762. The lowest BCUT2D eigenvalue weighted by Crippen LogP contribution is -2.20. The van der Waals surface area contributed by atoms with Crippen molar-refractivity contribution in [3.8, 4) is 5.75 Å². The first-order chi connectivity index (χ1) is 13.0. The Labute approximate surface area is 160 Å². The van der Waals surface area contributed by atoms with E-state index in [9.17, 15) is 9.59 Å². The molecule has 2 unspecified atom stereocenters. The number of carbonyl (C=O) groups excluding carboxylic acids is 2. The fraction of sp³-hybridized carbons (Fsp3) is 0.364. The molecular weight excluding hydrogens is 340 g/mol. The van der Waals surface area contributed by atoms with E-state index in [1.54, 1.807) is 12.1 Å². The van der Waals surface area contributed by atoms with Gasteiger partial charge in [0, 0.05) is 11.4 Å². The van der Waals surface area contributed by atoms with Crippen LogP contribution in [0.4, 0.5) is 11.4 Å². The zero-order valence-electron chi connectivity index (χ0n) is 16.0. The molecule has 2 aromatic rings. The zero-order chi connectivity index (χ0) is 19.4. The van der Waals surface area contributed by atoms with Crippen molar-refractivity contribution in [3.63, 3.8) is 0 Å². The van der Waals surface area contributed by atoms with Gasteiger partial charge in [0.05, 0.1) is 18.4 Å². The normalized spacial score (nSPS) is 18.1. The third kappa shape index (κ3) is 4.88. The minimum atomic E-state index is -0.272. The summed E-state index contributed by atoms with van der Waals surface area (Å²) in [7, 11) is 0. The molecule has 0 spiro atoms. The van der Waals surface area contributed by atoms with E-state index in [0.29, 0.717) is 24.6 Å². The van der Waals surface area contributed by atoms with Crippen LogP contribution in [0.5, 0.6) is 5.75 Å². The molecule has 0 radical (unpaired) electrons. The Morgan fingerprint density at radius 1 is 0.926 bits per heavy atom. The summed E-state index contributed by atoms with van der Waals surface area (Å²) >= 11 is 0. The van der Waals surface area contributed by atoms with Gasteiger partial charge in [0.1, 0.15) is 5.75 Å². The number of hydrogen-bond donors (Lipinski definition) is 2. The molecule has 0 heterocycles. The van der Waals surface area contributed by atoms with Gasteiger partial charge in [-0.2, -0.15) is 0 Å². The lowest BCUT2D eigenvalue weighted by molar-refractivity contribution is -0.122. The van der Waals surface area contributed by atoms with Crippen LogP contribution in [0.2, 0.25) is 0 Å². The van der Waals surface area contributed by atoms with E-state index in [2.05, 4.69) is 24.5 Å². The molecule has 142 valence electrons. The fourth-order valence-electron chi connectivity index (χ4n) is 3.00. The molecule has 0 aliphatic heterocycles. The molecule has 1 saturated carbocycles. The maximum atomic E-state index is 12.4. The van der Waals surface area contributed by atoms with E-state index >= 15 is 0 Å². The second-order valence-electron chi connectivity index (χ2n) is 7.16. The highest BCUT2D eigenvalue weighted by Gasteiger charge is 2.48. The molecule has 0 aromatic heterocycles. The molecule has 5 nitrogen and oxygen atoms in total. The second-order valence-corrected chi connectivity index (χ2v) is 7.16. The first-order valence-corrected chi connectivity index (χ1v) is 9.42. The summed E-state index contributed by atoms with van der Waals surface area (Å²) in [6, 6.07) is 15.1. The van der Waals surface area contributed by atoms with Crippen LogP contribution in [-0.4, -0.2) is 18.4 Å². The van der Waals surface area contributed by atoms with Crippen LogP contribution >= 0.6 is 0 Å². The standard InChI is InChI=1S/C22H26N2O3/c1-4-27-18-11-9-17(10-12-18)24-22(26)20-13-19(20)21(25)23-16-7-5-15(6-8-16)14(2)3/h5-12,14,19-20H,4,13H2,1-3H3,(H,23,25)(H,24,26). The van der Waals surface area contributed by atoms with Crippen molar-refractivity contribution < 1.29 is 14.3 Å². The number of rotatable bonds is 7. The van der Waals surface area contributed by atoms with Gasteiger partial charge in [-0.15, -0.1) is 0 Å². The smallest absolute Gasteiger partial charge is 0.228 e. The number of benzene rings is 2. The fourth-order valence-corrected chi connectivity index (χ4v) is 3.00. The van der Waals surface area contributed by atoms with Crippen molar-refractivity contribution in [1.82, 2.24) is 0 Å². The number of carbonyl (C=O) groups is 2. The summed E-state index contributed by atoms with van der Waals surface area (Å²) in [5.74, 6) is 0.467. The van der Waals surface area contributed by atoms with Gasteiger partial charge in [-0.1, -0.05) is 26.0 Å².